The van der Waals surface area contributed by atoms with Crippen molar-refractivity contribution in [2.24, 2.45) is 0 Å². The number of furan rings is 1. The monoisotopic (exact) mass is 379 g/mol. The minimum Gasteiger partial charge on any atom is -0.455 e. The standard InChI is InChI=1S/C17H25N5O3S/c1-21(2)7-8-22(10-13-4-3-9-24-13)16(23)15-6-5-14(25-15)11-26-17-18-12-19-20-17/h5-6,12-13H,3-4,7-11H2,1-2H3,(H,18,19,20)/t13-/m1/s1. The van der Waals surface area contributed by atoms with Gasteiger partial charge in [-0.1, -0.05) is 11.8 Å². The van der Waals surface area contributed by atoms with Gasteiger partial charge in [-0.3, -0.25) is 9.89 Å². The van der Waals surface area contributed by atoms with E-state index in [0.29, 0.717) is 24.6 Å². The second-order valence-electron chi connectivity index (χ2n) is 6.53. The molecule has 2 aromatic heterocycles. The van der Waals surface area contributed by atoms with E-state index in [1.807, 2.05) is 25.1 Å². The Morgan fingerprint density at radius 2 is 2.27 bits per heavy atom. The first-order chi connectivity index (χ1) is 12.6. The van der Waals surface area contributed by atoms with E-state index in [4.69, 9.17) is 9.15 Å². The highest BCUT2D eigenvalue weighted by Gasteiger charge is 2.25. The van der Waals surface area contributed by atoms with Gasteiger partial charge in [0.05, 0.1) is 11.9 Å². The molecule has 2 aromatic rings. The van der Waals surface area contributed by atoms with Crippen LogP contribution in [-0.4, -0.2) is 77.3 Å². The maximum atomic E-state index is 12.9. The molecule has 8 nitrogen and oxygen atoms in total. The first-order valence-electron chi connectivity index (χ1n) is 8.74. The number of likely N-dealkylation sites (N-methyl/N-ethyl adjacent to an activating group) is 1. The van der Waals surface area contributed by atoms with E-state index < -0.39 is 0 Å². The van der Waals surface area contributed by atoms with Crippen molar-refractivity contribution < 1.29 is 13.9 Å². The third-order valence-electron chi connectivity index (χ3n) is 4.17. The molecule has 1 amide bonds. The fourth-order valence-corrected chi connectivity index (χ4v) is 3.43. The SMILES string of the molecule is CN(C)CCN(C[C@H]1CCCO1)C(=O)c1ccc(CSc2ncn[nH]2)o1. The van der Waals surface area contributed by atoms with E-state index >= 15 is 0 Å². The molecule has 0 radical (unpaired) electrons. The lowest BCUT2D eigenvalue weighted by molar-refractivity contribution is 0.0488. The highest BCUT2D eigenvalue weighted by atomic mass is 32.2. The van der Waals surface area contributed by atoms with Gasteiger partial charge in [0.15, 0.2) is 10.9 Å². The van der Waals surface area contributed by atoms with E-state index in [-0.39, 0.29) is 12.0 Å². The zero-order valence-corrected chi connectivity index (χ0v) is 16.0. The summed E-state index contributed by atoms with van der Waals surface area (Å²) in [6.07, 6.45) is 3.65. The molecule has 1 aliphatic rings. The predicted octanol–water partition coefficient (Wildman–Crippen LogP) is 1.87. The molecule has 3 rings (SSSR count). The van der Waals surface area contributed by atoms with Crippen molar-refractivity contribution in [2.75, 3.05) is 40.3 Å². The van der Waals surface area contributed by atoms with Crippen molar-refractivity contribution in [3.05, 3.63) is 30.0 Å². The van der Waals surface area contributed by atoms with Gasteiger partial charge in [0.1, 0.15) is 12.1 Å². The number of carbonyl (C=O) groups excluding carboxylic acids is 1. The van der Waals surface area contributed by atoms with Crippen LogP contribution in [0.2, 0.25) is 0 Å². The van der Waals surface area contributed by atoms with Crippen molar-refractivity contribution in [2.45, 2.75) is 29.9 Å². The Labute approximate surface area is 157 Å². The minimum atomic E-state index is -0.0849. The number of nitrogens with zero attached hydrogens (tertiary/aromatic N) is 4. The van der Waals surface area contributed by atoms with Crippen LogP contribution >= 0.6 is 11.8 Å². The molecule has 0 aromatic carbocycles. The Morgan fingerprint density at radius 3 is 2.96 bits per heavy atom. The van der Waals surface area contributed by atoms with Crippen LogP contribution in [0.25, 0.3) is 0 Å². The minimum absolute atomic E-state index is 0.0849. The van der Waals surface area contributed by atoms with Crippen LogP contribution in [0.3, 0.4) is 0 Å². The predicted molar refractivity (Wildman–Crippen MR) is 98.1 cm³/mol. The van der Waals surface area contributed by atoms with Gasteiger partial charge in [-0.05, 0) is 39.1 Å². The van der Waals surface area contributed by atoms with Crippen molar-refractivity contribution in [1.29, 1.82) is 0 Å². The van der Waals surface area contributed by atoms with Crippen LogP contribution in [0.5, 0.6) is 0 Å². The average Bonchev–Trinajstić information content (AvgIpc) is 3.38. The number of H-pyrrole nitrogens is 1. The molecule has 1 atom stereocenters. The number of carbonyl (C=O) groups is 1. The van der Waals surface area contributed by atoms with Gasteiger partial charge >= 0.3 is 0 Å². The van der Waals surface area contributed by atoms with E-state index in [1.54, 1.807) is 6.07 Å². The summed E-state index contributed by atoms with van der Waals surface area (Å²) in [4.78, 5) is 20.9. The fraction of sp³-hybridized carbons (Fsp3) is 0.588. The van der Waals surface area contributed by atoms with E-state index in [1.165, 1.54) is 18.1 Å². The van der Waals surface area contributed by atoms with Crippen LogP contribution in [0.1, 0.15) is 29.2 Å². The molecule has 0 bridgehead atoms. The van der Waals surface area contributed by atoms with Crippen molar-refractivity contribution in [1.82, 2.24) is 25.0 Å². The summed E-state index contributed by atoms with van der Waals surface area (Å²) in [7, 11) is 4.00. The van der Waals surface area contributed by atoms with Crippen molar-refractivity contribution in [3.8, 4) is 0 Å². The summed E-state index contributed by atoms with van der Waals surface area (Å²) in [5.74, 6) is 1.61. The lowest BCUT2D eigenvalue weighted by Crippen LogP contribution is -2.41. The highest BCUT2D eigenvalue weighted by Crippen LogP contribution is 2.21. The quantitative estimate of drug-likeness (QED) is 0.666. The van der Waals surface area contributed by atoms with Crippen LogP contribution in [0, 0.1) is 0 Å². The van der Waals surface area contributed by atoms with Crippen molar-refractivity contribution in [3.63, 3.8) is 0 Å². The van der Waals surface area contributed by atoms with Gasteiger partial charge in [-0.25, -0.2) is 4.98 Å². The fourth-order valence-electron chi connectivity index (χ4n) is 2.76. The van der Waals surface area contributed by atoms with Crippen molar-refractivity contribution >= 4 is 17.7 Å². The van der Waals surface area contributed by atoms with Crippen LogP contribution in [0.15, 0.2) is 28.0 Å². The smallest absolute Gasteiger partial charge is 0.289 e. The zero-order valence-electron chi connectivity index (χ0n) is 15.2. The maximum absolute atomic E-state index is 12.9. The lowest BCUT2D eigenvalue weighted by Gasteiger charge is -2.26. The third-order valence-corrected chi connectivity index (χ3v) is 5.07. The number of hydrogen-bond donors (Lipinski definition) is 1. The first kappa shape index (κ1) is 18.9. The van der Waals surface area contributed by atoms with Crippen LogP contribution in [0.4, 0.5) is 0 Å². The molecule has 0 saturated carbocycles. The second kappa shape index (κ2) is 9.20. The summed E-state index contributed by atoms with van der Waals surface area (Å²) in [6.45, 7) is 2.83. The summed E-state index contributed by atoms with van der Waals surface area (Å²) in [6, 6.07) is 3.59. The third kappa shape index (κ3) is 5.33. The Balaban J connectivity index is 1.61. The Morgan fingerprint density at radius 1 is 1.38 bits per heavy atom. The van der Waals surface area contributed by atoms with E-state index in [9.17, 15) is 4.79 Å². The van der Waals surface area contributed by atoms with Gasteiger partial charge in [-0.2, -0.15) is 5.10 Å². The molecule has 0 unspecified atom stereocenters. The summed E-state index contributed by atoms with van der Waals surface area (Å²) in [5.41, 5.74) is 0. The molecule has 1 saturated heterocycles. The Hall–Kier alpha value is -1.84. The molecule has 1 fully saturated rings. The molecule has 1 N–H and O–H groups in total. The number of thioether (sulfide) groups is 1. The van der Waals surface area contributed by atoms with Gasteiger partial charge in [-0.15, -0.1) is 0 Å². The first-order valence-corrected chi connectivity index (χ1v) is 9.73. The Kier molecular flexibility index (Phi) is 6.70. The molecule has 26 heavy (non-hydrogen) atoms. The number of nitrogens with one attached hydrogen (secondary N) is 1. The molecule has 142 valence electrons. The van der Waals surface area contributed by atoms with Gasteiger partial charge in [0.2, 0.25) is 0 Å². The molecular formula is C17H25N5O3S. The summed E-state index contributed by atoms with van der Waals surface area (Å²) < 4.78 is 11.5. The molecule has 0 spiro atoms. The number of ether oxygens (including phenoxy) is 1. The zero-order chi connectivity index (χ0) is 18.4. The number of amides is 1. The largest absolute Gasteiger partial charge is 0.455 e. The lowest BCUT2D eigenvalue weighted by atomic mass is 10.2. The van der Waals surface area contributed by atoms with Gasteiger partial charge < -0.3 is 19.0 Å². The number of aromatic nitrogens is 3. The van der Waals surface area contributed by atoms with Crippen LogP contribution in [-0.2, 0) is 10.5 Å². The molecule has 1 aliphatic heterocycles. The number of hydrogen-bond acceptors (Lipinski definition) is 7. The Bertz CT molecular complexity index is 682. The van der Waals surface area contributed by atoms with Gasteiger partial charge in [0, 0.05) is 26.2 Å². The molecule has 3 heterocycles. The highest BCUT2D eigenvalue weighted by molar-refractivity contribution is 7.98. The average molecular weight is 379 g/mol. The number of rotatable bonds is 9. The number of aromatic amines is 1. The van der Waals surface area contributed by atoms with E-state index in [2.05, 4.69) is 20.1 Å². The normalized spacial score (nSPS) is 17.1. The second-order valence-corrected chi connectivity index (χ2v) is 7.50. The molecule has 0 aliphatic carbocycles. The topological polar surface area (TPSA) is 87.5 Å². The maximum Gasteiger partial charge on any atom is 0.289 e. The summed E-state index contributed by atoms with van der Waals surface area (Å²) >= 11 is 1.48. The van der Waals surface area contributed by atoms with E-state index in [0.717, 1.165) is 36.9 Å². The molecule has 9 heteroatoms. The molecular weight excluding hydrogens is 354 g/mol. The van der Waals surface area contributed by atoms with Crippen LogP contribution < -0.4 is 0 Å². The van der Waals surface area contributed by atoms with Gasteiger partial charge in [0.25, 0.3) is 5.91 Å². The summed E-state index contributed by atoms with van der Waals surface area (Å²) in [5, 5.41) is 7.32.